The number of benzene rings is 1. The molecule has 1 aromatic carbocycles. The van der Waals surface area contributed by atoms with Crippen LogP contribution < -0.4 is 5.32 Å². The van der Waals surface area contributed by atoms with Gasteiger partial charge in [-0.1, -0.05) is 23.2 Å². The topological polar surface area (TPSA) is 46.2 Å². The van der Waals surface area contributed by atoms with Gasteiger partial charge in [0.1, 0.15) is 0 Å². The molecule has 1 fully saturated rings. The van der Waals surface area contributed by atoms with Crippen LogP contribution in [0.2, 0.25) is 10.0 Å². The lowest BCUT2D eigenvalue weighted by Gasteiger charge is -2.23. The molecule has 6 heteroatoms. The second kappa shape index (κ2) is 5.78. The van der Waals surface area contributed by atoms with Crippen LogP contribution in [0.4, 0.5) is 0 Å². The maximum absolute atomic E-state index is 11.5. The minimum absolute atomic E-state index is 0.0292. The molecule has 1 atom stereocenters. The summed E-state index contributed by atoms with van der Waals surface area (Å²) in [7, 11) is -2.87. The first-order valence-corrected chi connectivity index (χ1v) is 8.41. The minimum Gasteiger partial charge on any atom is -0.309 e. The van der Waals surface area contributed by atoms with Crippen LogP contribution in [0.15, 0.2) is 18.2 Å². The van der Waals surface area contributed by atoms with Crippen molar-refractivity contribution in [1.29, 1.82) is 0 Å². The molecule has 0 aliphatic carbocycles. The van der Waals surface area contributed by atoms with Crippen LogP contribution in [0.3, 0.4) is 0 Å². The summed E-state index contributed by atoms with van der Waals surface area (Å²) in [5.74, 6) is 0.537. The molecule has 100 valence electrons. The number of hydrogen-bond donors (Lipinski definition) is 1. The zero-order valence-corrected chi connectivity index (χ0v) is 12.2. The summed E-state index contributed by atoms with van der Waals surface area (Å²) >= 11 is 11.8. The van der Waals surface area contributed by atoms with E-state index in [4.69, 9.17) is 23.2 Å². The van der Waals surface area contributed by atoms with E-state index in [1.165, 1.54) is 0 Å². The van der Waals surface area contributed by atoms with Gasteiger partial charge in [0.25, 0.3) is 0 Å². The Morgan fingerprint density at radius 3 is 2.50 bits per heavy atom. The van der Waals surface area contributed by atoms with E-state index in [0.717, 1.165) is 18.4 Å². The van der Waals surface area contributed by atoms with Gasteiger partial charge in [0.15, 0.2) is 9.84 Å². The highest BCUT2D eigenvalue weighted by molar-refractivity contribution is 7.91. The zero-order chi connectivity index (χ0) is 13.2. The van der Waals surface area contributed by atoms with Gasteiger partial charge in [-0.2, -0.15) is 0 Å². The molecule has 1 unspecified atom stereocenters. The van der Waals surface area contributed by atoms with Gasteiger partial charge in [0, 0.05) is 22.6 Å². The smallest absolute Gasteiger partial charge is 0.151 e. The third kappa shape index (κ3) is 4.12. The molecule has 0 bridgehead atoms. The van der Waals surface area contributed by atoms with Gasteiger partial charge in [-0.05, 0) is 36.6 Å². The van der Waals surface area contributed by atoms with Crippen molar-refractivity contribution in [2.45, 2.75) is 25.4 Å². The lowest BCUT2D eigenvalue weighted by Crippen LogP contribution is -2.39. The van der Waals surface area contributed by atoms with Gasteiger partial charge in [-0.3, -0.25) is 0 Å². The second-order valence-corrected chi connectivity index (χ2v) is 7.71. The first-order valence-electron chi connectivity index (χ1n) is 5.83. The molecule has 2 rings (SSSR count). The fourth-order valence-electron chi connectivity index (χ4n) is 2.16. The van der Waals surface area contributed by atoms with Crippen molar-refractivity contribution >= 4 is 33.0 Å². The molecule has 0 spiro atoms. The van der Waals surface area contributed by atoms with Gasteiger partial charge >= 0.3 is 0 Å². The van der Waals surface area contributed by atoms with E-state index in [2.05, 4.69) is 5.32 Å². The van der Waals surface area contributed by atoms with E-state index in [0.29, 0.717) is 22.3 Å². The molecule has 1 aliphatic heterocycles. The number of sulfone groups is 1. The van der Waals surface area contributed by atoms with E-state index < -0.39 is 9.84 Å². The van der Waals surface area contributed by atoms with E-state index in [1.807, 2.05) is 12.1 Å². The lowest BCUT2D eigenvalue weighted by atomic mass is 10.1. The number of halogens is 2. The van der Waals surface area contributed by atoms with Crippen molar-refractivity contribution in [3.8, 4) is 0 Å². The Morgan fingerprint density at radius 2 is 1.89 bits per heavy atom. The van der Waals surface area contributed by atoms with E-state index in [1.54, 1.807) is 6.07 Å². The normalized spacial score (nSPS) is 22.9. The fraction of sp³-hybridized carbons (Fsp3) is 0.500. The predicted octanol–water partition coefficient (Wildman–Crippen LogP) is 2.66. The molecule has 1 N–H and O–H groups in total. The third-order valence-corrected chi connectivity index (χ3v) is 5.24. The quantitative estimate of drug-likeness (QED) is 0.934. The molecule has 0 saturated carbocycles. The monoisotopic (exact) mass is 307 g/mol. The van der Waals surface area contributed by atoms with Gasteiger partial charge < -0.3 is 5.32 Å². The lowest BCUT2D eigenvalue weighted by molar-refractivity contribution is 0.480. The van der Waals surface area contributed by atoms with Crippen molar-refractivity contribution in [3.05, 3.63) is 33.8 Å². The van der Waals surface area contributed by atoms with Crippen molar-refractivity contribution in [1.82, 2.24) is 5.32 Å². The van der Waals surface area contributed by atoms with Gasteiger partial charge in [-0.15, -0.1) is 0 Å². The highest BCUT2D eigenvalue weighted by Crippen LogP contribution is 2.19. The molecule has 1 saturated heterocycles. The largest absolute Gasteiger partial charge is 0.309 e. The van der Waals surface area contributed by atoms with Gasteiger partial charge in [0.2, 0.25) is 0 Å². The maximum Gasteiger partial charge on any atom is 0.151 e. The van der Waals surface area contributed by atoms with Crippen molar-refractivity contribution in [2.75, 3.05) is 11.5 Å². The molecule has 0 radical (unpaired) electrons. The summed E-state index contributed by atoms with van der Waals surface area (Å²) < 4.78 is 23.0. The Balaban J connectivity index is 1.95. The Kier molecular flexibility index (Phi) is 4.54. The van der Waals surface area contributed by atoms with Crippen LogP contribution in [-0.4, -0.2) is 26.0 Å². The summed E-state index contributed by atoms with van der Waals surface area (Å²) in [5, 5.41) is 4.44. The Hall–Kier alpha value is -0.290. The summed E-state index contributed by atoms with van der Waals surface area (Å²) in [5.41, 5.74) is 0.968. The predicted molar refractivity (Wildman–Crippen MR) is 75.0 cm³/mol. The van der Waals surface area contributed by atoms with Crippen molar-refractivity contribution in [3.63, 3.8) is 0 Å². The first kappa shape index (κ1) is 14.1. The molecule has 1 aromatic rings. The van der Waals surface area contributed by atoms with Crippen molar-refractivity contribution < 1.29 is 8.42 Å². The summed E-state index contributed by atoms with van der Waals surface area (Å²) in [4.78, 5) is 0. The summed E-state index contributed by atoms with van der Waals surface area (Å²) in [6.07, 6.45) is 1.63. The van der Waals surface area contributed by atoms with E-state index in [-0.39, 0.29) is 11.8 Å². The fourth-order valence-corrected chi connectivity index (χ4v) is 4.40. The molecule has 1 aliphatic rings. The highest BCUT2D eigenvalue weighted by Gasteiger charge is 2.24. The van der Waals surface area contributed by atoms with Gasteiger partial charge in [0.05, 0.1) is 11.5 Å². The van der Waals surface area contributed by atoms with Crippen LogP contribution >= 0.6 is 23.2 Å². The van der Waals surface area contributed by atoms with Crippen LogP contribution in [0.5, 0.6) is 0 Å². The molecular formula is C12H15Cl2NO2S. The SMILES string of the molecule is O=S1(=O)CCCC(NCc2cc(Cl)cc(Cl)c2)C1. The first-order chi connectivity index (χ1) is 8.44. The summed E-state index contributed by atoms with van der Waals surface area (Å²) in [6, 6.07) is 5.37. The van der Waals surface area contributed by atoms with Crippen LogP contribution in [0, 0.1) is 0 Å². The number of hydrogen-bond acceptors (Lipinski definition) is 3. The summed E-state index contributed by atoms with van der Waals surface area (Å²) in [6.45, 7) is 0.584. The van der Waals surface area contributed by atoms with Crippen LogP contribution in [0.25, 0.3) is 0 Å². The zero-order valence-electron chi connectivity index (χ0n) is 9.83. The molecule has 0 aromatic heterocycles. The molecule has 3 nitrogen and oxygen atoms in total. The maximum atomic E-state index is 11.5. The second-order valence-electron chi connectivity index (χ2n) is 4.61. The Labute approximate surface area is 117 Å². The highest BCUT2D eigenvalue weighted by atomic mass is 35.5. The molecule has 1 heterocycles. The van der Waals surface area contributed by atoms with E-state index in [9.17, 15) is 8.42 Å². The van der Waals surface area contributed by atoms with Crippen LogP contribution in [0.1, 0.15) is 18.4 Å². The molecular weight excluding hydrogens is 293 g/mol. The Morgan fingerprint density at radius 1 is 1.22 bits per heavy atom. The minimum atomic E-state index is -2.87. The average molecular weight is 308 g/mol. The number of rotatable bonds is 3. The standard InChI is InChI=1S/C12H15Cl2NO2S/c13-10-4-9(5-11(14)6-10)7-15-12-2-1-3-18(16,17)8-12/h4-6,12,15H,1-3,7-8H2. The molecule has 18 heavy (non-hydrogen) atoms. The third-order valence-electron chi connectivity index (χ3n) is 2.98. The van der Waals surface area contributed by atoms with Gasteiger partial charge in [-0.25, -0.2) is 8.42 Å². The van der Waals surface area contributed by atoms with Crippen molar-refractivity contribution in [2.24, 2.45) is 0 Å². The van der Waals surface area contributed by atoms with Crippen LogP contribution in [-0.2, 0) is 16.4 Å². The average Bonchev–Trinajstić information content (AvgIpc) is 2.24. The number of nitrogens with one attached hydrogen (secondary N) is 1. The van der Waals surface area contributed by atoms with E-state index >= 15 is 0 Å². The Bertz CT molecular complexity index is 511. The molecule has 0 amide bonds.